The van der Waals surface area contributed by atoms with Crippen molar-refractivity contribution in [1.82, 2.24) is 4.57 Å². The third-order valence-corrected chi connectivity index (χ3v) is 3.28. The van der Waals surface area contributed by atoms with E-state index >= 15 is 0 Å². The number of hydrogen-bond donors (Lipinski definition) is 1. The van der Waals surface area contributed by atoms with Crippen molar-refractivity contribution in [2.24, 2.45) is 0 Å². The van der Waals surface area contributed by atoms with E-state index in [9.17, 15) is 5.11 Å². The fraction of sp³-hybridized carbons (Fsp3) is 0.733. The first-order valence-electron chi connectivity index (χ1n) is 7.07. The average Bonchev–Trinajstić information content (AvgIpc) is 2.77. The maximum atomic E-state index is 9.42. The van der Waals surface area contributed by atoms with Crippen LogP contribution < -0.4 is 0 Å². The highest BCUT2D eigenvalue weighted by molar-refractivity contribution is 5.12. The largest absolute Gasteiger partial charge is 0.389 e. The van der Waals surface area contributed by atoms with Crippen molar-refractivity contribution < 1.29 is 5.11 Å². The molecule has 0 aliphatic carbocycles. The lowest BCUT2D eigenvalue weighted by atomic mass is 10.1. The molecule has 1 rings (SSSR count). The number of rotatable bonds is 9. The Morgan fingerprint density at radius 1 is 1.12 bits per heavy atom. The Kier molecular flexibility index (Phi) is 7.02. The summed E-state index contributed by atoms with van der Waals surface area (Å²) >= 11 is 0. The van der Waals surface area contributed by atoms with Gasteiger partial charge in [0.15, 0.2) is 0 Å². The van der Waals surface area contributed by atoms with Gasteiger partial charge in [-0.2, -0.15) is 0 Å². The molecular weight excluding hydrogens is 210 g/mol. The topological polar surface area (TPSA) is 25.2 Å². The van der Waals surface area contributed by atoms with Gasteiger partial charge in [-0.05, 0) is 25.0 Å². The molecule has 1 atom stereocenters. The lowest BCUT2D eigenvalue weighted by molar-refractivity contribution is 0.199. The molecule has 0 aliphatic rings. The van der Waals surface area contributed by atoms with Crippen molar-refractivity contribution in [1.29, 1.82) is 0 Å². The Balaban J connectivity index is 2.05. The highest BCUT2D eigenvalue weighted by Crippen LogP contribution is 2.13. The average molecular weight is 237 g/mol. The highest BCUT2D eigenvalue weighted by atomic mass is 16.3. The van der Waals surface area contributed by atoms with Crippen LogP contribution in [0.3, 0.4) is 0 Å². The lowest BCUT2D eigenvalue weighted by Gasteiger charge is -2.04. The van der Waals surface area contributed by atoms with Crippen LogP contribution in [0.2, 0.25) is 0 Å². The summed E-state index contributed by atoms with van der Waals surface area (Å²) in [5, 5.41) is 9.42. The fourth-order valence-electron chi connectivity index (χ4n) is 2.10. The summed E-state index contributed by atoms with van der Waals surface area (Å²) in [6, 6.07) is 2.01. The van der Waals surface area contributed by atoms with Crippen LogP contribution in [0.5, 0.6) is 0 Å². The minimum atomic E-state index is -0.342. The molecule has 1 aromatic rings. The van der Waals surface area contributed by atoms with E-state index < -0.39 is 0 Å². The molecule has 1 heterocycles. The van der Waals surface area contributed by atoms with Gasteiger partial charge in [0, 0.05) is 18.9 Å². The molecular formula is C15H27NO. The predicted octanol–water partition coefficient (Wildman–Crippen LogP) is 4.29. The van der Waals surface area contributed by atoms with Crippen molar-refractivity contribution in [3.05, 3.63) is 24.0 Å². The van der Waals surface area contributed by atoms with E-state index in [1.807, 2.05) is 13.0 Å². The van der Waals surface area contributed by atoms with E-state index in [-0.39, 0.29) is 6.10 Å². The summed E-state index contributed by atoms with van der Waals surface area (Å²) in [5.74, 6) is 0. The van der Waals surface area contributed by atoms with Gasteiger partial charge in [-0.3, -0.25) is 0 Å². The number of aliphatic hydroxyl groups is 1. The Morgan fingerprint density at radius 3 is 2.35 bits per heavy atom. The Morgan fingerprint density at radius 2 is 1.76 bits per heavy atom. The Labute approximate surface area is 106 Å². The molecule has 0 saturated carbocycles. The lowest BCUT2D eigenvalue weighted by Crippen LogP contribution is -1.95. The summed E-state index contributed by atoms with van der Waals surface area (Å²) < 4.78 is 2.19. The SMILES string of the molecule is CCCCCCCCCn1ccc(C(C)O)c1. The molecule has 1 N–H and O–H groups in total. The van der Waals surface area contributed by atoms with Gasteiger partial charge in [-0.25, -0.2) is 0 Å². The fourth-order valence-corrected chi connectivity index (χ4v) is 2.10. The van der Waals surface area contributed by atoms with Crippen LogP contribution in [-0.4, -0.2) is 9.67 Å². The van der Waals surface area contributed by atoms with Crippen molar-refractivity contribution in [2.45, 2.75) is 71.4 Å². The molecule has 98 valence electrons. The zero-order chi connectivity index (χ0) is 12.5. The molecule has 0 bridgehead atoms. The minimum Gasteiger partial charge on any atom is -0.389 e. The predicted molar refractivity (Wildman–Crippen MR) is 73.1 cm³/mol. The zero-order valence-electron chi connectivity index (χ0n) is 11.4. The smallest absolute Gasteiger partial charge is 0.0776 e. The van der Waals surface area contributed by atoms with E-state index in [2.05, 4.69) is 23.9 Å². The maximum Gasteiger partial charge on any atom is 0.0776 e. The second-order valence-electron chi connectivity index (χ2n) is 4.98. The minimum absolute atomic E-state index is 0.342. The standard InChI is InChI=1S/C15H27NO/c1-3-4-5-6-7-8-9-11-16-12-10-15(13-16)14(2)17/h10,12-14,17H,3-9,11H2,1-2H3. The number of aliphatic hydroxyl groups excluding tert-OH is 1. The molecule has 0 fully saturated rings. The summed E-state index contributed by atoms with van der Waals surface area (Å²) in [4.78, 5) is 0. The van der Waals surface area contributed by atoms with Gasteiger partial charge in [0.1, 0.15) is 0 Å². The first kappa shape index (κ1) is 14.3. The number of aryl methyl sites for hydroxylation is 1. The zero-order valence-corrected chi connectivity index (χ0v) is 11.4. The molecule has 1 unspecified atom stereocenters. The van der Waals surface area contributed by atoms with Crippen LogP contribution >= 0.6 is 0 Å². The van der Waals surface area contributed by atoms with Gasteiger partial charge in [0.2, 0.25) is 0 Å². The molecule has 2 nitrogen and oxygen atoms in total. The van der Waals surface area contributed by atoms with Crippen LogP contribution in [0.25, 0.3) is 0 Å². The molecule has 0 spiro atoms. The van der Waals surface area contributed by atoms with Crippen molar-refractivity contribution >= 4 is 0 Å². The number of aromatic nitrogens is 1. The second-order valence-corrected chi connectivity index (χ2v) is 4.98. The van der Waals surface area contributed by atoms with Crippen LogP contribution in [0.4, 0.5) is 0 Å². The summed E-state index contributed by atoms with van der Waals surface area (Å²) in [6.45, 7) is 5.15. The van der Waals surface area contributed by atoms with Crippen molar-refractivity contribution in [3.8, 4) is 0 Å². The van der Waals surface area contributed by atoms with Crippen molar-refractivity contribution in [2.75, 3.05) is 0 Å². The molecule has 2 heteroatoms. The van der Waals surface area contributed by atoms with Crippen LogP contribution in [0.15, 0.2) is 18.5 Å². The number of nitrogens with zero attached hydrogens (tertiary/aromatic N) is 1. The first-order chi connectivity index (χ1) is 8.24. The summed E-state index contributed by atoms with van der Waals surface area (Å²) in [5.41, 5.74) is 1.02. The van der Waals surface area contributed by atoms with Gasteiger partial charge in [0.25, 0.3) is 0 Å². The molecule has 1 aromatic heterocycles. The van der Waals surface area contributed by atoms with E-state index in [0.29, 0.717) is 0 Å². The molecule has 0 saturated heterocycles. The van der Waals surface area contributed by atoms with Gasteiger partial charge in [-0.1, -0.05) is 45.4 Å². The van der Waals surface area contributed by atoms with Crippen LogP contribution in [-0.2, 0) is 6.54 Å². The number of unbranched alkanes of at least 4 members (excludes halogenated alkanes) is 6. The molecule has 0 radical (unpaired) electrons. The second kappa shape index (κ2) is 8.35. The molecule has 0 aromatic carbocycles. The third kappa shape index (κ3) is 5.92. The van der Waals surface area contributed by atoms with Crippen molar-refractivity contribution in [3.63, 3.8) is 0 Å². The van der Waals surface area contributed by atoms with E-state index in [0.717, 1.165) is 12.1 Å². The van der Waals surface area contributed by atoms with E-state index in [1.54, 1.807) is 0 Å². The summed E-state index contributed by atoms with van der Waals surface area (Å²) in [7, 11) is 0. The van der Waals surface area contributed by atoms with Gasteiger partial charge < -0.3 is 9.67 Å². The third-order valence-electron chi connectivity index (χ3n) is 3.28. The van der Waals surface area contributed by atoms with Gasteiger partial charge in [-0.15, -0.1) is 0 Å². The van der Waals surface area contributed by atoms with Gasteiger partial charge in [0.05, 0.1) is 6.10 Å². The highest BCUT2D eigenvalue weighted by Gasteiger charge is 2.02. The first-order valence-corrected chi connectivity index (χ1v) is 7.07. The molecule has 17 heavy (non-hydrogen) atoms. The Bertz CT molecular complexity index is 291. The number of hydrogen-bond acceptors (Lipinski definition) is 1. The molecule has 0 aliphatic heterocycles. The molecule has 0 amide bonds. The van der Waals surface area contributed by atoms with Crippen LogP contribution in [0, 0.1) is 0 Å². The Hall–Kier alpha value is -0.760. The monoisotopic (exact) mass is 237 g/mol. The normalized spacial score (nSPS) is 12.9. The van der Waals surface area contributed by atoms with Crippen LogP contribution in [0.1, 0.15) is 70.5 Å². The van der Waals surface area contributed by atoms with E-state index in [4.69, 9.17) is 0 Å². The van der Waals surface area contributed by atoms with Gasteiger partial charge >= 0.3 is 0 Å². The van der Waals surface area contributed by atoms with E-state index in [1.165, 1.54) is 44.9 Å². The maximum absolute atomic E-state index is 9.42. The quantitative estimate of drug-likeness (QED) is 0.637. The summed E-state index contributed by atoms with van der Waals surface area (Å²) in [6.07, 6.45) is 13.2.